The van der Waals surface area contributed by atoms with Crippen molar-refractivity contribution in [1.29, 1.82) is 0 Å². The lowest BCUT2D eigenvalue weighted by atomic mass is 10.5. The maximum absolute atomic E-state index is 5.74. The maximum atomic E-state index is 5.74. The summed E-state index contributed by atoms with van der Waals surface area (Å²) in [6.07, 6.45) is 0.804. The minimum absolute atomic E-state index is 0.0968. The number of hydrogen-bond acceptors (Lipinski definition) is 8. The second-order valence-electron chi connectivity index (χ2n) is 2.81. The third-order valence-electron chi connectivity index (χ3n) is 1.69. The van der Waals surface area contributed by atoms with Gasteiger partial charge in [-0.1, -0.05) is 6.92 Å². The maximum Gasteiger partial charge on any atom is 0.321 e. The molecule has 90 valence electrons. The highest BCUT2D eigenvalue weighted by Crippen LogP contribution is 2.27. The van der Waals surface area contributed by atoms with Crippen LogP contribution in [-0.4, -0.2) is 31.4 Å². The Hall–Kier alpha value is -0.990. The fraction of sp³-hybridized carbons (Fsp3) is 0.375. The molecule has 0 aliphatic heterocycles. The van der Waals surface area contributed by atoms with Crippen LogP contribution in [0.25, 0.3) is 0 Å². The molecular formula is C8H8ClN5OS2. The van der Waals surface area contributed by atoms with Crippen molar-refractivity contribution in [3.63, 3.8) is 0 Å². The number of methoxy groups -OCH3 is 1. The molecule has 0 saturated heterocycles. The van der Waals surface area contributed by atoms with E-state index in [0.29, 0.717) is 5.16 Å². The highest BCUT2D eigenvalue weighted by atomic mass is 35.5. The third-order valence-corrected chi connectivity index (χ3v) is 3.52. The SMILES string of the molecule is CCc1nsc(Sc2nc(Cl)nc(OC)n2)n1. The van der Waals surface area contributed by atoms with Gasteiger partial charge in [-0.2, -0.15) is 19.3 Å². The van der Waals surface area contributed by atoms with E-state index in [1.165, 1.54) is 30.4 Å². The minimum Gasteiger partial charge on any atom is -0.467 e. The Kier molecular flexibility index (Phi) is 4.08. The first-order chi connectivity index (χ1) is 8.21. The summed E-state index contributed by atoms with van der Waals surface area (Å²) in [6, 6.07) is 0.188. The number of rotatable bonds is 4. The van der Waals surface area contributed by atoms with E-state index < -0.39 is 0 Å². The van der Waals surface area contributed by atoms with Crippen LogP contribution in [0.1, 0.15) is 12.7 Å². The first-order valence-corrected chi connectivity index (χ1v) is 6.64. The Morgan fingerprint density at radius 2 is 2.12 bits per heavy atom. The van der Waals surface area contributed by atoms with Crippen LogP contribution in [-0.2, 0) is 6.42 Å². The van der Waals surface area contributed by atoms with Crippen molar-refractivity contribution < 1.29 is 4.74 Å². The van der Waals surface area contributed by atoms with Gasteiger partial charge in [0.2, 0.25) is 10.4 Å². The zero-order valence-corrected chi connectivity index (χ0v) is 11.4. The first-order valence-electron chi connectivity index (χ1n) is 4.67. The molecule has 0 bridgehead atoms. The molecule has 0 amide bonds. The van der Waals surface area contributed by atoms with E-state index in [4.69, 9.17) is 16.3 Å². The molecule has 2 rings (SSSR count). The molecule has 6 nitrogen and oxygen atoms in total. The van der Waals surface area contributed by atoms with Crippen LogP contribution in [0.5, 0.6) is 6.01 Å². The lowest BCUT2D eigenvalue weighted by molar-refractivity contribution is 0.373. The fourth-order valence-electron chi connectivity index (χ4n) is 0.953. The van der Waals surface area contributed by atoms with Gasteiger partial charge in [0.25, 0.3) is 0 Å². The molecule has 0 unspecified atom stereocenters. The molecule has 17 heavy (non-hydrogen) atoms. The summed E-state index contributed by atoms with van der Waals surface area (Å²) in [6.45, 7) is 2.00. The van der Waals surface area contributed by atoms with Crippen molar-refractivity contribution in [2.45, 2.75) is 22.8 Å². The molecule has 0 aromatic carbocycles. The Morgan fingerprint density at radius 1 is 1.29 bits per heavy atom. The van der Waals surface area contributed by atoms with Crippen LogP contribution >= 0.6 is 34.9 Å². The smallest absolute Gasteiger partial charge is 0.321 e. The molecule has 0 atom stereocenters. The number of ether oxygens (including phenoxy) is 1. The zero-order chi connectivity index (χ0) is 12.3. The van der Waals surface area contributed by atoms with Gasteiger partial charge in [-0.15, -0.1) is 0 Å². The van der Waals surface area contributed by atoms with Crippen LogP contribution in [0.4, 0.5) is 0 Å². The third kappa shape index (κ3) is 3.24. The van der Waals surface area contributed by atoms with Crippen molar-refractivity contribution in [3.8, 4) is 6.01 Å². The average molecular weight is 290 g/mol. The van der Waals surface area contributed by atoms with Crippen LogP contribution in [0.3, 0.4) is 0 Å². The predicted molar refractivity (Wildman–Crippen MR) is 64.8 cm³/mol. The average Bonchev–Trinajstić information content (AvgIpc) is 2.76. The van der Waals surface area contributed by atoms with E-state index in [9.17, 15) is 0 Å². The van der Waals surface area contributed by atoms with Crippen molar-refractivity contribution in [1.82, 2.24) is 24.3 Å². The number of hydrogen-bond donors (Lipinski definition) is 0. The first kappa shape index (κ1) is 12.5. The summed E-state index contributed by atoms with van der Waals surface area (Å²) < 4.78 is 9.85. The van der Waals surface area contributed by atoms with Crippen LogP contribution in [0.2, 0.25) is 5.28 Å². The molecular weight excluding hydrogens is 282 g/mol. The van der Waals surface area contributed by atoms with Gasteiger partial charge in [0.15, 0.2) is 4.34 Å². The number of aromatic nitrogens is 5. The normalized spacial score (nSPS) is 10.5. The van der Waals surface area contributed by atoms with Gasteiger partial charge >= 0.3 is 6.01 Å². The zero-order valence-electron chi connectivity index (χ0n) is 9.05. The van der Waals surface area contributed by atoms with Crippen LogP contribution < -0.4 is 4.74 Å². The van der Waals surface area contributed by atoms with Crippen molar-refractivity contribution in [3.05, 3.63) is 11.1 Å². The summed E-state index contributed by atoms with van der Waals surface area (Å²) >= 11 is 8.33. The Balaban J connectivity index is 2.20. The minimum atomic E-state index is 0.0968. The summed E-state index contributed by atoms with van der Waals surface area (Å²) in [5.74, 6) is 0.810. The summed E-state index contributed by atoms with van der Waals surface area (Å²) in [5.41, 5.74) is 0. The molecule has 0 N–H and O–H groups in total. The lowest BCUT2D eigenvalue weighted by Crippen LogP contribution is -1.96. The van der Waals surface area contributed by atoms with E-state index in [1.807, 2.05) is 6.92 Å². The van der Waals surface area contributed by atoms with E-state index in [-0.39, 0.29) is 11.3 Å². The highest BCUT2D eigenvalue weighted by Gasteiger charge is 2.10. The molecule has 0 aliphatic rings. The van der Waals surface area contributed by atoms with Gasteiger partial charge < -0.3 is 4.74 Å². The van der Waals surface area contributed by atoms with E-state index >= 15 is 0 Å². The molecule has 0 saturated carbocycles. The molecule has 0 spiro atoms. The predicted octanol–water partition coefficient (Wildman–Crippen LogP) is 2.10. The van der Waals surface area contributed by atoms with E-state index in [0.717, 1.165) is 16.6 Å². The van der Waals surface area contributed by atoms with Gasteiger partial charge in [-0.05, 0) is 34.9 Å². The quantitative estimate of drug-likeness (QED) is 0.853. The van der Waals surface area contributed by atoms with Gasteiger partial charge in [0.1, 0.15) is 5.82 Å². The lowest BCUT2D eigenvalue weighted by Gasteiger charge is -1.99. The molecule has 2 aromatic rings. The molecule has 9 heteroatoms. The molecule has 0 radical (unpaired) electrons. The van der Waals surface area contributed by atoms with E-state index in [1.54, 1.807) is 0 Å². The van der Waals surface area contributed by atoms with Gasteiger partial charge in [0, 0.05) is 6.42 Å². The van der Waals surface area contributed by atoms with Crippen LogP contribution in [0, 0.1) is 0 Å². The fourth-order valence-corrected chi connectivity index (χ4v) is 2.70. The Labute approximate surface area is 111 Å². The molecule has 0 aliphatic carbocycles. The second-order valence-corrected chi connectivity index (χ2v) is 5.11. The van der Waals surface area contributed by atoms with Crippen LogP contribution in [0.15, 0.2) is 9.50 Å². The summed E-state index contributed by atoms with van der Waals surface area (Å²) in [4.78, 5) is 16.1. The van der Waals surface area contributed by atoms with Gasteiger partial charge in [-0.3, -0.25) is 0 Å². The number of halogens is 1. The van der Waals surface area contributed by atoms with Gasteiger partial charge in [0.05, 0.1) is 7.11 Å². The monoisotopic (exact) mass is 289 g/mol. The largest absolute Gasteiger partial charge is 0.467 e. The summed E-state index contributed by atoms with van der Waals surface area (Å²) in [7, 11) is 1.47. The van der Waals surface area contributed by atoms with Crippen molar-refractivity contribution >= 4 is 34.9 Å². The highest BCUT2D eigenvalue weighted by molar-refractivity contribution is 8.00. The molecule has 2 aromatic heterocycles. The van der Waals surface area contributed by atoms with Gasteiger partial charge in [-0.25, -0.2) is 4.98 Å². The standard InChI is InChI=1S/C8H8ClN5OS2/c1-3-4-10-8(17-14-4)16-7-12-5(9)11-6(13-7)15-2/h3H2,1-2H3. The Bertz CT molecular complexity index is 520. The van der Waals surface area contributed by atoms with Crippen molar-refractivity contribution in [2.24, 2.45) is 0 Å². The molecule has 0 fully saturated rings. The second kappa shape index (κ2) is 5.56. The number of aryl methyl sites for hydroxylation is 1. The topological polar surface area (TPSA) is 73.7 Å². The number of nitrogens with zero attached hydrogens (tertiary/aromatic N) is 5. The molecule has 2 heterocycles. The summed E-state index contributed by atoms with van der Waals surface area (Å²) in [5, 5.41) is 0.542. The Morgan fingerprint density at radius 3 is 2.76 bits per heavy atom. The van der Waals surface area contributed by atoms with E-state index in [2.05, 4.69) is 24.3 Å². The van der Waals surface area contributed by atoms with Crippen molar-refractivity contribution in [2.75, 3.05) is 7.11 Å².